The fourth-order valence-electron chi connectivity index (χ4n) is 1.69. The normalized spacial score (nSPS) is 10.6. The van der Waals surface area contributed by atoms with E-state index in [-0.39, 0.29) is 24.8 Å². The molecular formula is C13H19Cl2N3O2. The number of anilines is 1. The van der Waals surface area contributed by atoms with E-state index in [4.69, 9.17) is 10.5 Å². The summed E-state index contributed by atoms with van der Waals surface area (Å²) in [5.74, 6) is 0. The van der Waals surface area contributed by atoms with Gasteiger partial charge in [0.15, 0.2) is 0 Å². The maximum atomic E-state index is 12.0. The molecule has 0 unspecified atom stereocenters. The van der Waals surface area contributed by atoms with Crippen molar-refractivity contribution in [2.75, 3.05) is 5.73 Å². The predicted molar refractivity (Wildman–Crippen MR) is 85.0 cm³/mol. The highest BCUT2D eigenvalue weighted by Crippen LogP contribution is 2.22. The number of hydrogen-bond acceptors (Lipinski definition) is 4. The maximum Gasteiger partial charge on any atom is 0.420 e. The highest BCUT2D eigenvalue weighted by Gasteiger charge is 2.20. The van der Waals surface area contributed by atoms with Crippen LogP contribution >= 0.6 is 24.8 Å². The minimum atomic E-state index is -0.531. The van der Waals surface area contributed by atoms with Crippen molar-refractivity contribution in [3.05, 3.63) is 24.0 Å². The zero-order valence-electron chi connectivity index (χ0n) is 11.8. The number of benzene rings is 1. The third kappa shape index (κ3) is 3.55. The first kappa shape index (κ1) is 18.5. The molecule has 2 aromatic rings. The second-order valence-corrected chi connectivity index (χ2v) is 5.24. The van der Waals surface area contributed by atoms with E-state index in [1.165, 1.54) is 10.9 Å². The summed E-state index contributed by atoms with van der Waals surface area (Å²) in [4.78, 5) is 16.2. The molecule has 0 spiro atoms. The molecular weight excluding hydrogens is 301 g/mol. The lowest BCUT2D eigenvalue weighted by atomic mass is 10.1. The van der Waals surface area contributed by atoms with Gasteiger partial charge in [0.05, 0.1) is 11.0 Å². The van der Waals surface area contributed by atoms with Crippen LogP contribution in [0.4, 0.5) is 10.5 Å². The van der Waals surface area contributed by atoms with Crippen LogP contribution in [-0.2, 0) is 4.74 Å². The van der Waals surface area contributed by atoms with Crippen LogP contribution in [-0.4, -0.2) is 21.2 Å². The van der Waals surface area contributed by atoms with Crippen LogP contribution in [0, 0.1) is 6.92 Å². The number of halogens is 2. The Morgan fingerprint density at radius 1 is 1.30 bits per heavy atom. The number of aryl methyl sites for hydroxylation is 1. The van der Waals surface area contributed by atoms with Crippen LogP contribution < -0.4 is 5.73 Å². The number of nitrogens with two attached hydrogens (primary N) is 1. The summed E-state index contributed by atoms with van der Waals surface area (Å²) >= 11 is 0. The molecule has 1 heterocycles. The number of aromatic nitrogens is 2. The van der Waals surface area contributed by atoms with Crippen molar-refractivity contribution in [2.24, 2.45) is 0 Å². The molecule has 1 aromatic heterocycles. The Morgan fingerprint density at radius 3 is 2.45 bits per heavy atom. The molecule has 0 aliphatic heterocycles. The Bertz CT molecular complexity index is 618. The monoisotopic (exact) mass is 319 g/mol. The summed E-state index contributed by atoms with van der Waals surface area (Å²) in [5.41, 5.74) is 8.24. The number of imidazole rings is 1. The fourth-order valence-corrected chi connectivity index (χ4v) is 1.69. The summed E-state index contributed by atoms with van der Waals surface area (Å²) in [5, 5.41) is 0. The molecule has 0 amide bonds. The summed E-state index contributed by atoms with van der Waals surface area (Å²) < 4.78 is 6.71. The molecule has 0 saturated heterocycles. The molecule has 0 aliphatic rings. The number of hydrogen-bond donors (Lipinski definition) is 1. The van der Waals surface area contributed by atoms with Crippen molar-refractivity contribution < 1.29 is 9.53 Å². The number of nitrogen functional groups attached to an aromatic ring is 1. The second kappa shape index (κ2) is 6.33. The molecule has 5 nitrogen and oxygen atoms in total. The highest BCUT2D eigenvalue weighted by atomic mass is 35.5. The molecule has 0 radical (unpaired) electrons. The van der Waals surface area contributed by atoms with Gasteiger partial charge in [0.2, 0.25) is 0 Å². The van der Waals surface area contributed by atoms with Gasteiger partial charge in [-0.05, 0) is 45.4 Å². The molecule has 0 bridgehead atoms. The summed E-state index contributed by atoms with van der Waals surface area (Å²) in [7, 11) is 0. The van der Waals surface area contributed by atoms with Crippen molar-refractivity contribution in [3.8, 4) is 0 Å². The molecule has 112 valence electrons. The van der Waals surface area contributed by atoms with Crippen molar-refractivity contribution in [1.82, 2.24) is 9.55 Å². The van der Waals surface area contributed by atoms with Crippen molar-refractivity contribution in [2.45, 2.75) is 33.3 Å². The molecule has 1 aromatic carbocycles. The Hall–Kier alpha value is -1.46. The van der Waals surface area contributed by atoms with Gasteiger partial charge in [-0.25, -0.2) is 14.3 Å². The Labute approximate surface area is 130 Å². The lowest BCUT2D eigenvalue weighted by molar-refractivity contribution is 0.0543. The van der Waals surface area contributed by atoms with Crippen LogP contribution in [0.2, 0.25) is 0 Å². The van der Waals surface area contributed by atoms with Crippen LogP contribution in [0.25, 0.3) is 11.0 Å². The first-order valence-electron chi connectivity index (χ1n) is 5.75. The molecule has 0 saturated carbocycles. The lowest BCUT2D eigenvalue weighted by Crippen LogP contribution is -2.26. The van der Waals surface area contributed by atoms with Gasteiger partial charge in [-0.1, -0.05) is 0 Å². The number of rotatable bonds is 0. The molecule has 0 atom stereocenters. The average molecular weight is 320 g/mol. The van der Waals surface area contributed by atoms with Gasteiger partial charge in [0, 0.05) is 5.69 Å². The van der Waals surface area contributed by atoms with E-state index in [0.29, 0.717) is 11.2 Å². The van der Waals surface area contributed by atoms with Gasteiger partial charge < -0.3 is 10.5 Å². The molecule has 2 rings (SSSR count). The predicted octanol–water partition coefficient (Wildman–Crippen LogP) is 3.55. The van der Waals surface area contributed by atoms with E-state index < -0.39 is 11.7 Å². The number of carbonyl (C=O) groups excluding carboxylic acids is 1. The zero-order valence-corrected chi connectivity index (χ0v) is 13.5. The molecule has 20 heavy (non-hydrogen) atoms. The SMILES string of the molecule is Cc1c(N)ccc2c1ncn2C(=O)OC(C)(C)C.Cl.Cl. The van der Waals surface area contributed by atoms with Gasteiger partial charge in [-0.3, -0.25) is 0 Å². The van der Waals surface area contributed by atoms with Gasteiger partial charge >= 0.3 is 6.09 Å². The summed E-state index contributed by atoms with van der Waals surface area (Å²) in [6.07, 6.45) is 1.03. The number of fused-ring (bicyclic) bond motifs is 1. The number of ether oxygens (including phenoxy) is 1. The van der Waals surface area contributed by atoms with E-state index in [1.54, 1.807) is 12.1 Å². The Balaban J connectivity index is 0.00000180. The molecule has 2 N–H and O–H groups in total. The smallest absolute Gasteiger partial charge is 0.420 e. The number of nitrogens with zero attached hydrogens (tertiary/aromatic N) is 2. The average Bonchev–Trinajstić information content (AvgIpc) is 2.65. The standard InChI is InChI=1S/C13H17N3O2.2ClH/c1-8-9(14)5-6-10-11(8)15-7-16(10)12(17)18-13(2,3)4;;/h5-7H,14H2,1-4H3;2*1H. The second-order valence-electron chi connectivity index (χ2n) is 5.24. The third-order valence-electron chi connectivity index (χ3n) is 2.60. The van der Waals surface area contributed by atoms with Crippen LogP contribution in [0.5, 0.6) is 0 Å². The summed E-state index contributed by atoms with van der Waals surface area (Å²) in [6.45, 7) is 7.36. The quantitative estimate of drug-likeness (QED) is 0.754. The van der Waals surface area contributed by atoms with Gasteiger partial charge in [0.1, 0.15) is 11.9 Å². The fraction of sp³-hybridized carbons (Fsp3) is 0.385. The van der Waals surface area contributed by atoms with E-state index in [1.807, 2.05) is 27.7 Å². The van der Waals surface area contributed by atoms with E-state index in [9.17, 15) is 4.79 Å². The van der Waals surface area contributed by atoms with Crippen LogP contribution in [0.1, 0.15) is 26.3 Å². The molecule has 7 heteroatoms. The van der Waals surface area contributed by atoms with E-state index in [2.05, 4.69) is 4.98 Å². The topological polar surface area (TPSA) is 70.1 Å². The molecule has 0 fully saturated rings. The zero-order chi connectivity index (χ0) is 13.5. The minimum Gasteiger partial charge on any atom is -0.443 e. The highest BCUT2D eigenvalue weighted by molar-refractivity contribution is 5.90. The first-order valence-corrected chi connectivity index (χ1v) is 5.75. The largest absolute Gasteiger partial charge is 0.443 e. The Kier molecular flexibility index (Phi) is 5.86. The number of carbonyl (C=O) groups is 1. The summed E-state index contributed by atoms with van der Waals surface area (Å²) in [6, 6.07) is 3.54. The Morgan fingerprint density at radius 2 is 1.90 bits per heavy atom. The van der Waals surface area contributed by atoms with Crippen molar-refractivity contribution in [3.63, 3.8) is 0 Å². The van der Waals surface area contributed by atoms with Gasteiger partial charge in [-0.2, -0.15) is 0 Å². The van der Waals surface area contributed by atoms with E-state index >= 15 is 0 Å². The lowest BCUT2D eigenvalue weighted by Gasteiger charge is -2.19. The van der Waals surface area contributed by atoms with Gasteiger partial charge in [0.25, 0.3) is 0 Å². The van der Waals surface area contributed by atoms with Crippen LogP contribution in [0.15, 0.2) is 18.5 Å². The molecule has 0 aliphatic carbocycles. The van der Waals surface area contributed by atoms with Crippen molar-refractivity contribution >= 4 is 47.6 Å². The van der Waals surface area contributed by atoms with Gasteiger partial charge in [-0.15, -0.1) is 24.8 Å². The van der Waals surface area contributed by atoms with Crippen LogP contribution in [0.3, 0.4) is 0 Å². The first-order chi connectivity index (χ1) is 8.29. The minimum absolute atomic E-state index is 0. The van der Waals surface area contributed by atoms with E-state index in [0.717, 1.165) is 11.1 Å². The maximum absolute atomic E-state index is 12.0. The van der Waals surface area contributed by atoms with Crippen molar-refractivity contribution in [1.29, 1.82) is 0 Å². The third-order valence-corrected chi connectivity index (χ3v) is 2.60.